The summed E-state index contributed by atoms with van der Waals surface area (Å²) in [6.07, 6.45) is 1.41. The number of carbonyl (C=O) groups is 1. The van der Waals surface area contributed by atoms with Crippen LogP contribution in [0.25, 0.3) is 0 Å². The van der Waals surface area contributed by atoms with Crippen LogP contribution in [0.2, 0.25) is 0 Å². The molecule has 0 aliphatic carbocycles. The molecule has 1 fully saturated rings. The number of hydrogen-bond acceptors (Lipinski definition) is 2. The first-order chi connectivity index (χ1) is 12.1. The number of nitrogens with zero attached hydrogens (tertiary/aromatic N) is 1. The average molecular weight is 337 g/mol. The molecule has 1 unspecified atom stereocenters. The SMILES string of the molecule is CC(C)(CCC(=O)N1CCOC(c2ccccc2)C1)c1ccccc1. The second kappa shape index (κ2) is 7.83. The minimum Gasteiger partial charge on any atom is -0.370 e. The molecule has 0 saturated carbocycles. The quantitative estimate of drug-likeness (QED) is 0.812. The van der Waals surface area contributed by atoms with Crippen LogP contribution in [0.15, 0.2) is 60.7 Å². The molecule has 1 heterocycles. The highest BCUT2D eigenvalue weighted by atomic mass is 16.5. The molecule has 1 atom stereocenters. The molecule has 1 saturated heterocycles. The van der Waals surface area contributed by atoms with Crippen molar-refractivity contribution in [2.75, 3.05) is 19.7 Å². The molecule has 3 rings (SSSR count). The number of hydrogen-bond donors (Lipinski definition) is 0. The third-order valence-electron chi connectivity index (χ3n) is 5.11. The van der Waals surface area contributed by atoms with Crippen LogP contribution >= 0.6 is 0 Å². The van der Waals surface area contributed by atoms with E-state index >= 15 is 0 Å². The lowest BCUT2D eigenvalue weighted by molar-refractivity contribution is -0.139. The Morgan fingerprint density at radius 3 is 2.40 bits per heavy atom. The zero-order valence-corrected chi connectivity index (χ0v) is 15.2. The largest absolute Gasteiger partial charge is 0.370 e. The third-order valence-corrected chi connectivity index (χ3v) is 5.11. The molecule has 0 radical (unpaired) electrons. The van der Waals surface area contributed by atoms with E-state index in [1.807, 2.05) is 29.2 Å². The Morgan fingerprint density at radius 1 is 1.08 bits per heavy atom. The van der Waals surface area contributed by atoms with Gasteiger partial charge in [-0.1, -0.05) is 74.5 Å². The molecule has 1 aliphatic heterocycles. The van der Waals surface area contributed by atoms with Crippen molar-refractivity contribution in [3.63, 3.8) is 0 Å². The molecule has 0 spiro atoms. The van der Waals surface area contributed by atoms with Crippen molar-refractivity contribution in [1.29, 1.82) is 0 Å². The monoisotopic (exact) mass is 337 g/mol. The van der Waals surface area contributed by atoms with Gasteiger partial charge in [0.05, 0.1) is 13.2 Å². The molecule has 0 bridgehead atoms. The lowest BCUT2D eigenvalue weighted by atomic mass is 9.80. The Labute approximate surface area is 150 Å². The lowest BCUT2D eigenvalue weighted by Gasteiger charge is -2.34. The molecule has 1 amide bonds. The molecule has 3 nitrogen and oxygen atoms in total. The highest BCUT2D eigenvalue weighted by Crippen LogP contribution is 2.29. The van der Waals surface area contributed by atoms with Crippen molar-refractivity contribution in [1.82, 2.24) is 4.90 Å². The second-order valence-electron chi connectivity index (χ2n) is 7.36. The first-order valence-electron chi connectivity index (χ1n) is 9.06. The van der Waals surface area contributed by atoms with Crippen LogP contribution in [0.3, 0.4) is 0 Å². The van der Waals surface area contributed by atoms with Gasteiger partial charge >= 0.3 is 0 Å². The number of morpholine rings is 1. The van der Waals surface area contributed by atoms with E-state index in [4.69, 9.17) is 4.74 Å². The van der Waals surface area contributed by atoms with Crippen LogP contribution < -0.4 is 0 Å². The first-order valence-corrected chi connectivity index (χ1v) is 9.06. The molecular weight excluding hydrogens is 310 g/mol. The Bertz CT molecular complexity index is 682. The predicted octanol–water partition coefficient (Wildman–Crippen LogP) is 4.34. The number of ether oxygens (including phenoxy) is 1. The summed E-state index contributed by atoms with van der Waals surface area (Å²) in [6.45, 7) is 6.36. The zero-order chi connectivity index (χ0) is 17.7. The van der Waals surface area contributed by atoms with E-state index in [2.05, 4.69) is 50.2 Å². The fourth-order valence-electron chi connectivity index (χ4n) is 3.36. The molecule has 132 valence electrons. The van der Waals surface area contributed by atoms with Crippen molar-refractivity contribution in [3.05, 3.63) is 71.8 Å². The smallest absolute Gasteiger partial charge is 0.222 e. The van der Waals surface area contributed by atoms with Gasteiger partial charge in [-0.25, -0.2) is 0 Å². The Kier molecular flexibility index (Phi) is 5.54. The van der Waals surface area contributed by atoms with Crippen molar-refractivity contribution in [2.45, 2.75) is 38.2 Å². The van der Waals surface area contributed by atoms with Gasteiger partial charge in [0, 0.05) is 13.0 Å². The Hall–Kier alpha value is -2.13. The number of rotatable bonds is 5. The van der Waals surface area contributed by atoms with Crippen molar-refractivity contribution in [3.8, 4) is 0 Å². The maximum Gasteiger partial charge on any atom is 0.222 e. The standard InChI is InChI=1S/C22H27NO2/c1-22(2,19-11-7-4-8-12-19)14-13-21(24)23-15-16-25-20(17-23)18-9-5-3-6-10-18/h3-12,20H,13-17H2,1-2H3. The van der Waals surface area contributed by atoms with Crippen LogP contribution in [0.1, 0.15) is 43.9 Å². The van der Waals surface area contributed by atoms with Gasteiger partial charge in [0.25, 0.3) is 0 Å². The minimum atomic E-state index is -0.0129. The molecule has 2 aromatic rings. The maximum atomic E-state index is 12.7. The summed E-state index contributed by atoms with van der Waals surface area (Å²) >= 11 is 0. The summed E-state index contributed by atoms with van der Waals surface area (Å²) in [7, 11) is 0. The van der Waals surface area contributed by atoms with Gasteiger partial charge in [0.15, 0.2) is 0 Å². The van der Waals surface area contributed by atoms with E-state index in [0.717, 1.165) is 12.0 Å². The van der Waals surface area contributed by atoms with E-state index in [1.54, 1.807) is 0 Å². The normalized spacial score (nSPS) is 18.2. The number of amides is 1. The van der Waals surface area contributed by atoms with Crippen LogP contribution in [0.4, 0.5) is 0 Å². The number of benzene rings is 2. The van der Waals surface area contributed by atoms with Crippen molar-refractivity contribution in [2.24, 2.45) is 0 Å². The highest BCUT2D eigenvalue weighted by molar-refractivity contribution is 5.76. The summed E-state index contributed by atoms with van der Waals surface area (Å²) in [5.41, 5.74) is 2.43. The molecule has 0 aromatic heterocycles. The summed E-state index contributed by atoms with van der Waals surface area (Å²) in [4.78, 5) is 14.7. The second-order valence-corrected chi connectivity index (χ2v) is 7.36. The van der Waals surface area contributed by atoms with Gasteiger partial charge < -0.3 is 9.64 Å². The molecule has 2 aromatic carbocycles. The van der Waals surface area contributed by atoms with Crippen molar-refractivity contribution >= 4 is 5.91 Å². The topological polar surface area (TPSA) is 29.5 Å². The summed E-state index contributed by atoms with van der Waals surface area (Å²) in [5, 5.41) is 0. The molecule has 3 heteroatoms. The van der Waals surface area contributed by atoms with Gasteiger partial charge in [-0.3, -0.25) is 4.79 Å². The van der Waals surface area contributed by atoms with Crippen LogP contribution in [0.5, 0.6) is 0 Å². The average Bonchev–Trinajstić information content (AvgIpc) is 2.68. The summed E-state index contributed by atoms with van der Waals surface area (Å²) in [6, 6.07) is 20.6. The molecule has 25 heavy (non-hydrogen) atoms. The van der Waals surface area contributed by atoms with E-state index in [1.165, 1.54) is 5.56 Å². The van der Waals surface area contributed by atoms with Crippen molar-refractivity contribution < 1.29 is 9.53 Å². The van der Waals surface area contributed by atoms with E-state index in [0.29, 0.717) is 26.1 Å². The third kappa shape index (κ3) is 4.49. The number of carbonyl (C=O) groups excluding carboxylic acids is 1. The molecular formula is C22H27NO2. The predicted molar refractivity (Wildman–Crippen MR) is 100 cm³/mol. The fraction of sp³-hybridized carbons (Fsp3) is 0.409. The van der Waals surface area contributed by atoms with Crippen LogP contribution in [0, 0.1) is 0 Å². The van der Waals surface area contributed by atoms with Gasteiger partial charge in [0.2, 0.25) is 5.91 Å². The van der Waals surface area contributed by atoms with Gasteiger partial charge in [0.1, 0.15) is 6.10 Å². The van der Waals surface area contributed by atoms with Gasteiger partial charge in [-0.2, -0.15) is 0 Å². The fourth-order valence-corrected chi connectivity index (χ4v) is 3.36. The highest BCUT2D eigenvalue weighted by Gasteiger charge is 2.27. The Balaban J connectivity index is 1.58. The summed E-state index contributed by atoms with van der Waals surface area (Å²) in [5.74, 6) is 0.230. The minimum absolute atomic E-state index is 0.00202. The van der Waals surface area contributed by atoms with Gasteiger partial charge in [-0.15, -0.1) is 0 Å². The van der Waals surface area contributed by atoms with Gasteiger partial charge in [-0.05, 0) is 23.0 Å². The lowest BCUT2D eigenvalue weighted by Crippen LogP contribution is -2.42. The summed E-state index contributed by atoms with van der Waals surface area (Å²) < 4.78 is 5.87. The maximum absolute atomic E-state index is 12.7. The van der Waals surface area contributed by atoms with Crippen LogP contribution in [-0.2, 0) is 14.9 Å². The van der Waals surface area contributed by atoms with E-state index in [-0.39, 0.29) is 17.4 Å². The van der Waals surface area contributed by atoms with E-state index < -0.39 is 0 Å². The zero-order valence-electron chi connectivity index (χ0n) is 15.2. The van der Waals surface area contributed by atoms with E-state index in [9.17, 15) is 4.79 Å². The Morgan fingerprint density at radius 2 is 1.72 bits per heavy atom. The molecule has 1 aliphatic rings. The first kappa shape index (κ1) is 17.7. The van der Waals surface area contributed by atoms with Crippen LogP contribution in [-0.4, -0.2) is 30.5 Å². The molecule has 0 N–H and O–H groups in total.